The molecule has 1 aromatic carbocycles. The first-order chi connectivity index (χ1) is 9.55. The van der Waals surface area contributed by atoms with E-state index in [4.69, 9.17) is 4.74 Å². The van der Waals surface area contributed by atoms with Crippen molar-refractivity contribution < 1.29 is 4.74 Å². The van der Waals surface area contributed by atoms with E-state index in [0.717, 1.165) is 19.6 Å². The van der Waals surface area contributed by atoms with Crippen molar-refractivity contribution in [1.29, 1.82) is 0 Å². The molecule has 112 valence electrons. The van der Waals surface area contributed by atoms with Gasteiger partial charge in [-0.05, 0) is 42.3 Å². The number of ether oxygens (including phenoxy) is 1. The Kier molecular flexibility index (Phi) is 5.62. The summed E-state index contributed by atoms with van der Waals surface area (Å²) in [5.41, 5.74) is 2.88. The van der Waals surface area contributed by atoms with Gasteiger partial charge < -0.3 is 10.1 Å². The molecule has 0 saturated carbocycles. The fraction of sp³-hybridized carbons (Fsp3) is 0.667. The van der Waals surface area contributed by atoms with Crippen LogP contribution < -0.4 is 5.32 Å². The van der Waals surface area contributed by atoms with Crippen molar-refractivity contribution in [2.24, 2.45) is 0 Å². The molecule has 0 aromatic heterocycles. The van der Waals surface area contributed by atoms with Crippen LogP contribution in [0.5, 0.6) is 0 Å². The zero-order chi connectivity index (χ0) is 14.4. The monoisotopic (exact) mass is 275 g/mol. The average molecular weight is 275 g/mol. The quantitative estimate of drug-likeness (QED) is 0.819. The van der Waals surface area contributed by atoms with Crippen LogP contribution in [0.2, 0.25) is 0 Å². The largest absolute Gasteiger partial charge is 0.377 e. The van der Waals surface area contributed by atoms with Crippen LogP contribution in [-0.2, 0) is 16.8 Å². The first-order valence-electron chi connectivity index (χ1n) is 7.96. The van der Waals surface area contributed by atoms with Crippen LogP contribution in [0.3, 0.4) is 0 Å². The Morgan fingerprint density at radius 3 is 2.50 bits per heavy atom. The topological polar surface area (TPSA) is 21.3 Å². The molecule has 2 rings (SSSR count). The van der Waals surface area contributed by atoms with E-state index >= 15 is 0 Å². The summed E-state index contributed by atoms with van der Waals surface area (Å²) in [6.07, 6.45) is 5.15. The number of benzene rings is 1. The highest BCUT2D eigenvalue weighted by Crippen LogP contribution is 2.22. The molecule has 2 nitrogen and oxygen atoms in total. The Labute approximate surface area is 123 Å². The number of rotatable bonds is 5. The summed E-state index contributed by atoms with van der Waals surface area (Å²) in [4.78, 5) is 0. The van der Waals surface area contributed by atoms with Crippen molar-refractivity contribution in [1.82, 2.24) is 5.32 Å². The highest BCUT2D eigenvalue weighted by Gasteiger charge is 2.13. The lowest BCUT2D eigenvalue weighted by Crippen LogP contribution is -2.34. The van der Waals surface area contributed by atoms with Gasteiger partial charge in [0.05, 0.1) is 6.61 Å². The van der Waals surface area contributed by atoms with E-state index in [1.54, 1.807) is 0 Å². The second-order valence-electron chi connectivity index (χ2n) is 6.94. The fourth-order valence-electron chi connectivity index (χ4n) is 2.69. The van der Waals surface area contributed by atoms with Crippen LogP contribution in [0.1, 0.15) is 57.6 Å². The van der Waals surface area contributed by atoms with Crippen LogP contribution in [0.25, 0.3) is 0 Å². The molecule has 20 heavy (non-hydrogen) atoms. The van der Waals surface area contributed by atoms with Gasteiger partial charge >= 0.3 is 0 Å². The van der Waals surface area contributed by atoms with E-state index < -0.39 is 0 Å². The SMILES string of the molecule is CC(C)(C)c1ccc(COCC[C@H]2CCCCN2)cc1. The van der Waals surface area contributed by atoms with Crippen molar-refractivity contribution >= 4 is 0 Å². The third kappa shape index (κ3) is 4.92. The van der Waals surface area contributed by atoms with Gasteiger partial charge in [-0.15, -0.1) is 0 Å². The van der Waals surface area contributed by atoms with E-state index in [0.29, 0.717) is 6.04 Å². The molecule has 1 aromatic rings. The first-order valence-corrected chi connectivity index (χ1v) is 7.96. The molecule has 1 saturated heterocycles. The molecule has 1 atom stereocenters. The minimum Gasteiger partial charge on any atom is -0.377 e. The molecule has 0 bridgehead atoms. The lowest BCUT2D eigenvalue weighted by molar-refractivity contribution is 0.108. The number of hydrogen-bond acceptors (Lipinski definition) is 2. The van der Waals surface area contributed by atoms with Gasteiger partial charge in [-0.2, -0.15) is 0 Å². The van der Waals surface area contributed by atoms with Crippen LogP contribution in [0.4, 0.5) is 0 Å². The second kappa shape index (κ2) is 7.24. The summed E-state index contributed by atoms with van der Waals surface area (Å²) < 4.78 is 5.81. The summed E-state index contributed by atoms with van der Waals surface area (Å²) in [5.74, 6) is 0. The predicted molar refractivity (Wildman–Crippen MR) is 85.1 cm³/mol. The molecule has 2 heteroatoms. The molecule has 0 spiro atoms. The van der Waals surface area contributed by atoms with Crippen molar-refractivity contribution in [3.05, 3.63) is 35.4 Å². The van der Waals surface area contributed by atoms with Crippen molar-refractivity contribution in [2.45, 2.75) is 64.5 Å². The molecule has 1 aliphatic heterocycles. The molecule has 1 N–H and O–H groups in total. The molecular formula is C18H29NO. The van der Waals surface area contributed by atoms with E-state index in [1.807, 2.05) is 0 Å². The molecule has 0 radical (unpaired) electrons. The summed E-state index contributed by atoms with van der Waals surface area (Å²) in [5, 5.41) is 3.56. The van der Waals surface area contributed by atoms with Gasteiger partial charge in [-0.1, -0.05) is 51.5 Å². The van der Waals surface area contributed by atoms with Crippen molar-refractivity contribution in [2.75, 3.05) is 13.2 Å². The van der Waals surface area contributed by atoms with Gasteiger partial charge in [0.25, 0.3) is 0 Å². The summed E-state index contributed by atoms with van der Waals surface area (Å²) in [6.45, 7) is 9.51. The minimum atomic E-state index is 0.228. The molecular weight excluding hydrogens is 246 g/mol. The normalized spacial score (nSPS) is 20.1. The molecule has 1 heterocycles. The molecule has 1 aliphatic rings. The van der Waals surface area contributed by atoms with Crippen molar-refractivity contribution in [3.63, 3.8) is 0 Å². The van der Waals surface area contributed by atoms with Crippen LogP contribution >= 0.6 is 0 Å². The Hall–Kier alpha value is -0.860. The van der Waals surface area contributed by atoms with E-state index in [2.05, 4.69) is 50.4 Å². The summed E-state index contributed by atoms with van der Waals surface area (Å²) in [6, 6.07) is 9.51. The predicted octanol–water partition coefficient (Wildman–Crippen LogP) is 4.03. The number of nitrogens with one attached hydrogen (secondary N) is 1. The minimum absolute atomic E-state index is 0.228. The number of piperidine rings is 1. The van der Waals surface area contributed by atoms with Gasteiger partial charge in [-0.3, -0.25) is 0 Å². The Morgan fingerprint density at radius 2 is 1.90 bits per heavy atom. The maximum atomic E-state index is 5.81. The van der Waals surface area contributed by atoms with Crippen LogP contribution in [0, 0.1) is 0 Å². The Bertz CT molecular complexity index is 385. The highest BCUT2D eigenvalue weighted by molar-refractivity contribution is 5.27. The van der Waals surface area contributed by atoms with Crippen LogP contribution in [-0.4, -0.2) is 19.2 Å². The Balaban J connectivity index is 1.68. The lowest BCUT2D eigenvalue weighted by atomic mass is 9.87. The molecule has 0 amide bonds. The smallest absolute Gasteiger partial charge is 0.0716 e. The standard InChI is InChI=1S/C18H29NO/c1-18(2,3)16-9-7-15(8-10-16)14-20-13-11-17-6-4-5-12-19-17/h7-10,17,19H,4-6,11-14H2,1-3H3/t17-/m1/s1. The highest BCUT2D eigenvalue weighted by atomic mass is 16.5. The van der Waals surface area contributed by atoms with E-state index in [-0.39, 0.29) is 5.41 Å². The van der Waals surface area contributed by atoms with Gasteiger partial charge in [0.1, 0.15) is 0 Å². The van der Waals surface area contributed by atoms with Crippen LogP contribution in [0.15, 0.2) is 24.3 Å². The molecule has 0 unspecified atom stereocenters. The maximum Gasteiger partial charge on any atom is 0.0716 e. The maximum absolute atomic E-state index is 5.81. The van der Waals surface area contributed by atoms with Gasteiger partial charge in [0.15, 0.2) is 0 Å². The van der Waals surface area contributed by atoms with Gasteiger partial charge in [0.2, 0.25) is 0 Å². The zero-order valence-electron chi connectivity index (χ0n) is 13.2. The van der Waals surface area contributed by atoms with Crippen molar-refractivity contribution in [3.8, 4) is 0 Å². The third-order valence-corrected chi connectivity index (χ3v) is 4.11. The first kappa shape index (κ1) is 15.5. The average Bonchev–Trinajstić information content (AvgIpc) is 2.44. The summed E-state index contributed by atoms with van der Waals surface area (Å²) >= 11 is 0. The zero-order valence-corrected chi connectivity index (χ0v) is 13.2. The lowest BCUT2D eigenvalue weighted by Gasteiger charge is -2.23. The van der Waals surface area contributed by atoms with Gasteiger partial charge in [0, 0.05) is 12.6 Å². The van der Waals surface area contributed by atoms with Gasteiger partial charge in [-0.25, -0.2) is 0 Å². The molecule has 1 fully saturated rings. The fourth-order valence-corrected chi connectivity index (χ4v) is 2.69. The number of hydrogen-bond donors (Lipinski definition) is 1. The Morgan fingerprint density at radius 1 is 1.15 bits per heavy atom. The van der Waals surface area contributed by atoms with E-state index in [1.165, 1.54) is 36.9 Å². The third-order valence-electron chi connectivity index (χ3n) is 4.11. The summed E-state index contributed by atoms with van der Waals surface area (Å²) in [7, 11) is 0. The second-order valence-corrected chi connectivity index (χ2v) is 6.94. The molecule has 0 aliphatic carbocycles. The van der Waals surface area contributed by atoms with E-state index in [9.17, 15) is 0 Å².